The molecule has 0 aromatic heterocycles. The summed E-state index contributed by atoms with van der Waals surface area (Å²) in [4.78, 5) is 23.3. The Hall–Kier alpha value is -3.94. The number of hydrogen-bond donors (Lipinski definition) is 3. The number of urea groups is 1. The number of ether oxygens (including phenoxy) is 1. The lowest BCUT2D eigenvalue weighted by atomic mass is 10.0. The van der Waals surface area contributed by atoms with E-state index in [0.717, 1.165) is 35.7 Å². The Morgan fingerprint density at radius 3 is 2.09 bits per heavy atom. The number of hydrogen-bond acceptors (Lipinski definition) is 3. The van der Waals surface area contributed by atoms with Crippen molar-refractivity contribution in [3.05, 3.63) is 89.5 Å². The molecule has 8 heteroatoms. The summed E-state index contributed by atoms with van der Waals surface area (Å²) >= 11 is 0. The standard InChI is InChI=1S/C25H24F2N2O4/c1-25(2,23(30)31)33-22-10-8-16(9-11-22)6-7-17-4-3-5-20(12-17)28-24(32)29-21-14-18(26)13-19(27)15-21/h3-5,8-15H,6-7H2,1-2H3,(H,30,31)(H2,28,29,32). The first kappa shape index (κ1) is 23.7. The fraction of sp³-hybridized carbons (Fsp3) is 0.200. The zero-order valence-corrected chi connectivity index (χ0v) is 18.2. The Morgan fingerprint density at radius 1 is 0.848 bits per heavy atom. The SMILES string of the molecule is CC(C)(Oc1ccc(CCc2cccc(NC(=O)Nc3cc(F)cc(F)c3)c2)cc1)C(=O)O. The molecule has 0 saturated carbocycles. The minimum atomic E-state index is -1.32. The van der Waals surface area contributed by atoms with Gasteiger partial charge in [-0.25, -0.2) is 18.4 Å². The molecule has 6 nitrogen and oxygen atoms in total. The van der Waals surface area contributed by atoms with Crippen LogP contribution in [0.1, 0.15) is 25.0 Å². The molecular weight excluding hydrogens is 430 g/mol. The summed E-state index contributed by atoms with van der Waals surface area (Å²) in [5.74, 6) is -2.13. The van der Waals surface area contributed by atoms with Crippen molar-refractivity contribution in [3.63, 3.8) is 0 Å². The zero-order valence-electron chi connectivity index (χ0n) is 18.2. The number of nitrogens with one attached hydrogen (secondary N) is 2. The number of carbonyl (C=O) groups excluding carboxylic acids is 1. The number of carboxylic acids is 1. The van der Waals surface area contributed by atoms with Gasteiger partial charge >= 0.3 is 12.0 Å². The summed E-state index contributed by atoms with van der Waals surface area (Å²) in [6, 6.07) is 16.6. The second-order valence-corrected chi connectivity index (χ2v) is 8.00. The predicted octanol–water partition coefficient (Wildman–Crippen LogP) is 5.64. The Kier molecular flexibility index (Phi) is 7.27. The molecule has 0 bridgehead atoms. The van der Waals surface area contributed by atoms with E-state index in [1.54, 1.807) is 24.3 Å². The van der Waals surface area contributed by atoms with Crippen LogP contribution in [-0.2, 0) is 17.6 Å². The van der Waals surface area contributed by atoms with Gasteiger partial charge in [0.05, 0.1) is 0 Å². The fourth-order valence-corrected chi connectivity index (χ4v) is 3.08. The van der Waals surface area contributed by atoms with Crippen LogP contribution in [0, 0.1) is 11.6 Å². The van der Waals surface area contributed by atoms with Gasteiger partial charge in [-0.1, -0.05) is 24.3 Å². The molecule has 0 spiro atoms. The average Bonchev–Trinajstić information content (AvgIpc) is 2.72. The van der Waals surface area contributed by atoms with Gasteiger partial charge < -0.3 is 20.5 Å². The molecule has 0 saturated heterocycles. The molecule has 2 amide bonds. The number of carboxylic acid groups (broad SMARTS) is 1. The Morgan fingerprint density at radius 2 is 1.45 bits per heavy atom. The quantitative estimate of drug-likeness (QED) is 0.411. The molecule has 3 aromatic rings. The molecule has 3 aromatic carbocycles. The third-order valence-electron chi connectivity index (χ3n) is 4.82. The van der Waals surface area contributed by atoms with E-state index in [2.05, 4.69) is 10.6 Å². The van der Waals surface area contributed by atoms with Gasteiger partial charge in [0.15, 0.2) is 5.60 Å². The Balaban J connectivity index is 1.55. The van der Waals surface area contributed by atoms with Crippen LogP contribution in [0.4, 0.5) is 25.0 Å². The van der Waals surface area contributed by atoms with E-state index in [-0.39, 0.29) is 5.69 Å². The number of aryl methyl sites for hydroxylation is 2. The number of rotatable bonds is 8. The molecule has 0 fully saturated rings. The van der Waals surface area contributed by atoms with Crippen molar-refractivity contribution in [2.45, 2.75) is 32.3 Å². The third kappa shape index (κ3) is 7.03. The lowest BCUT2D eigenvalue weighted by Gasteiger charge is -2.21. The largest absolute Gasteiger partial charge is 0.478 e. The van der Waals surface area contributed by atoms with E-state index in [1.165, 1.54) is 13.8 Å². The number of benzene rings is 3. The van der Waals surface area contributed by atoms with Gasteiger partial charge in [-0.3, -0.25) is 0 Å². The van der Waals surface area contributed by atoms with E-state index in [9.17, 15) is 18.4 Å². The van der Waals surface area contributed by atoms with Crippen molar-refractivity contribution >= 4 is 23.4 Å². The van der Waals surface area contributed by atoms with Crippen LogP contribution in [0.3, 0.4) is 0 Å². The maximum atomic E-state index is 13.3. The van der Waals surface area contributed by atoms with Crippen LogP contribution in [0.5, 0.6) is 5.75 Å². The van der Waals surface area contributed by atoms with Gasteiger partial charge in [0.1, 0.15) is 17.4 Å². The molecule has 33 heavy (non-hydrogen) atoms. The Bertz CT molecular complexity index is 1130. The highest BCUT2D eigenvalue weighted by Gasteiger charge is 2.29. The monoisotopic (exact) mass is 454 g/mol. The van der Waals surface area contributed by atoms with Crippen molar-refractivity contribution in [1.29, 1.82) is 0 Å². The second kappa shape index (κ2) is 10.1. The van der Waals surface area contributed by atoms with Gasteiger partial charge in [-0.15, -0.1) is 0 Å². The maximum absolute atomic E-state index is 13.3. The van der Waals surface area contributed by atoms with Gasteiger partial charge in [0.25, 0.3) is 0 Å². The number of amides is 2. The topological polar surface area (TPSA) is 87.7 Å². The molecular formula is C25H24F2N2O4. The van der Waals surface area contributed by atoms with E-state index < -0.39 is 29.2 Å². The minimum absolute atomic E-state index is 0.0142. The second-order valence-electron chi connectivity index (χ2n) is 8.00. The molecule has 3 rings (SSSR count). The number of halogens is 2. The molecule has 3 N–H and O–H groups in total. The minimum Gasteiger partial charge on any atom is -0.478 e. The zero-order chi connectivity index (χ0) is 24.0. The van der Waals surface area contributed by atoms with Crippen molar-refractivity contribution in [2.75, 3.05) is 10.6 Å². The van der Waals surface area contributed by atoms with Gasteiger partial charge in [-0.05, 0) is 74.2 Å². The van der Waals surface area contributed by atoms with Crippen molar-refractivity contribution in [1.82, 2.24) is 0 Å². The summed E-state index contributed by atoms with van der Waals surface area (Å²) in [7, 11) is 0. The maximum Gasteiger partial charge on any atom is 0.347 e. The molecule has 0 atom stereocenters. The highest BCUT2D eigenvalue weighted by Crippen LogP contribution is 2.21. The van der Waals surface area contributed by atoms with Gasteiger partial charge in [0, 0.05) is 17.4 Å². The van der Waals surface area contributed by atoms with Crippen LogP contribution < -0.4 is 15.4 Å². The molecule has 0 heterocycles. The number of carbonyl (C=O) groups is 2. The molecule has 0 aliphatic rings. The lowest BCUT2D eigenvalue weighted by Crippen LogP contribution is -2.37. The van der Waals surface area contributed by atoms with Gasteiger partial charge in [0.2, 0.25) is 0 Å². The first-order valence-electron chi connectivity index (χ1n) is 10.2. The van der Waals surface area contributed by atoms with Crippen molar-refractivity contribution in [2.24, 2.45) is 0 Å². The smallest absolute Gasteiger partial charge is 0.347 e. The lowest BCUT2D eigenvalue weighted by molar-refractivity contribution is -0.152. The summed E-state index contributed by atoms with van der Waals surface area (Å²) in [6.45, 7) is 2.97. The highest BCUT2D eigenvalue weighted by molar-refractivity contribution is 5.99. The average molecular weight is 454 g/mol. The Labute approximate surface area is 190 Å². The van der Waals surface area contributed by atoms with Gasteiger partial charge in [-0.2, -0.15) is 0 Å². The van der Waals surface area contributed by atoms with Crippen LogP contribution in [-0.4, -0.2) is 22.7 Å². The first-order chi connectivity index (χ1) is 15.6. The normalized spacial score (nSPS) is 11.0. The third-order valence-corrected chi connectivity index (χ3v) is 4.82. The number of aliphatic carboxylic acids is 1. The van der Waals surface area contributed by atoms with E-state index in [0.29, 0.717) is 17.9 Å². The summed E-state index contributed by atoms with van der Waals surface area (Å²) in [6.07, 6.45) is 1.42. The predicted molar refractivity (Wildman–Crippen MR) is 122 cm³/mol. The van der Waals surface area contributed by atoms with E-state index in [1.807, 2.05) is 24.3 Å². The molecule has 0 radical (unpaired) electrons. The first-order valence-corrected chi connectivity index (χ1v) is 10.2. The molecule has 0 unspecified atom stereocenters. The molecule has 0 aliphatic heterocycles. The van der Waals surface area contributed by atoms with E-state index in [4.69, 9.17) is 9.84 Å². The summed E-state index contributed by atoms with van der Waals surface area (Å²) in [5.41, 5.74) is 1.27. The molecule has 172 valence electrons. The summed E-state index contributed by atoms with van der Waals surface area (Å²) in [5, 5.41) is 14.2. The van der Waals surface area contributed by atoms with Crippen LogP contribution in [0.15, 0.2) is 66.7 Å². The molecule has 0 aliphatic carbocycles. The fourth-order valence-electron chi connectivity index (χ4n) is 3.08. The van der Waals surface area contributed by atoms with Crippen LogP contribution >= 0.6 is 0 Å². The van der Waals surface area contributed by atoms with Crippen molar-refractivity contribution < 1.29 is 28.2 Å². The summed E-state index contributed by atoms with van der Waals surface area (Å²) < 4.78 is 32.0. The number of anilines is 2. The van der Waals surface area contributed by atoms with Crippen LogP contribution in [0.2, 0.25) is 0 Å². The highest BCUT2D eigenvalue weighted by atomic mass is 19.1. The van der Waals surface area contributed by atoms with Crippen LogP contribution in [0.25, 0.3) is 0 Å². The van der Waals surface area contributed by atoms with Crippen molar-refractivity contribution in [3.8, 4) is 5.75 Å². The van der Waals surface area contributed by atoms with E-state index >= 15 is 0 Å².